The number of nitrogens with one attached hydrogen (secondary N) is 1. The molecule has 2 nitrogen and oxygen atoms in total. The van der Waals surface area contributed by atoms with Crippen LogP contribution < -0.4 is 11.1 Å². The Kier molecular flexibility index (Phi) is 4.34. The monoisotopic (exact) mass is 262 g/mol. The predicted octanol–water partition coefficient (Wildman–Crippen LogP) is 3.07. The first-order chi connectivity index (χ1) is 7.78. The molecule has 0 aliphatic carbocycles. The Morgan fingerprint density at radius 2 is 1.88 bits per heavy atom. The van der Waals surface area contributed by atoms with Crippen LogP contribution >= 0.6 is 12.2 Å². The minimum atomic E-state index is -4.16. The Balaban J connectivity index is 2.60. The molecule has 0 spiro atoms. The maximum atomic E-state index is 12.1. The summed E-state index contributed by atoms with van der Waals surface area (Å²) in [6, 6.07) is 5.98. The van der Waals surface area contributed by atoms with E-state index in [1.165, 1.54) is 6.92 Å². The highest BCUT2D eigenvalue weighted by Gasteiger charge is 2.29. The minimum Gasteiger partial charge on any atom is -0.389 e. The Bertz CT molecular complexity index is 387. The fourth-order valence-electron chi connectivity index (χ4n) is 1.41. The summed E-state index contributed by atoms with van der Waals surface area (Å²) in [5.74, 6) is 0. The van der Waals surface area contributed by atoms with Gasteiger partial charge < -0.3 is 11.1 Å². The van der Waals surface area contributed by atoms with Crippen molar-refractivity contribution in [2.24, 2.45) is 5.73 Å². The molecule has 94 valence electrons. The van der Waals surface area contributed by atoms with E-state index in [0.29, 0.717) is 11.3 Å². The fourth-order valence-corrected chi connectivity index (χ4v) is 1.55. The van der Waals surface area contributed by atoms with Crippen LogP contribution in [0, 0.1) is 0 Å². The van der Waals surface area contributed by atoms with Gasteiger partial charge in [-0.25, -0.2) is 0 Å². The van der Waals surface area contributed by atoms with Crippen molar-refractivity contribution >= 4 is 22.9 Å². The topological polar surface area (TPSA) is 38.0 Å². The number of halogens is 3. The van der Waals surface area contributed by atoms with E-state index in [0.717, 1.165) is 0 Å². The molecule has 1 unspecified atom stereocenters. The van der Waals surface area contributed by atoms with Crippen LogP contribution in [0.3, 0.4) is 0 Å². The molecule has 0 saturated heterocycles. The van der Waals surface area contributed by atoms with Crippen molar-refractivity contribution in [3.8, 4) is 0 Å². The zero-order chi connectivity index (χ0) is 13.1. The normalized spacial score (nSPS) is 13.2. The molecule has 17 heavy (non-hydrogen) atoms. The van der Waals surface area contributed by atoms with E-state index < -0.39 is 18.6 Å². The molecule has 3 N–H and O–H groups in total. The van der Waals surface area contributed by atoms with E-state index in [9.17, 15) is 13.2 Å². The molecule has 1 aromatic rings. The Morgan fingerprint density at radius 1 is 1.35 bits per heavy atom. The Hall–Kier alpha value is -1.30. The van der Waals surface area contributed by atoms with Crippen molar-refractivity contribution in [1.29, 1.82) is 0 Å². The third kappa shape index (κ3) is 5.04. The number of nitrogens with two attached hydrogens (primary N) is 1. The number of thiocarbonyl (C=S) groups is 1. The SMILES string of the molecule is CC(CC(F)(F)F)Nc1ccc(C(N)=S)cc1. The molecule has 0 bridgehead atoms. The quantitative estimate of drug-likeness (QED) is 0.819. The number of hydrogen-bond acceptors (Lipinski definition) is 2. The molecule has 0 aliphatic rings. The Morgan fingerprint density at radius 3 is 2.29 bits per heavy atom. The van der Waals surface area contributed by atoms with Crippen LogP contribution in [-0.4, -0.2) is 17.2 Å². The van der Waals surface area contributed by atoms with Gasteiger partial charge in [-0.05, 0) is 31.2 Å². The summed E-state index contributed by atoms with van der Waals surface area (Å²) < 4.78 is 36.3. The zero-order valence-electron chi connectivity index (χ0n) is 9.21. The molecular weight excluding hydrogens is 249 g/mol. The third-order valence-corrected chi connectivity index (χ3v) is 2.36. The average molecular weight is 262 g/mol. The number of hydrogen-bond donors (Lipinski definition) is 2. The minimum absolute atomic E-state index is 0.264. The van der Waals surface area contributed by atoms with Gasteiger partial charge in [0.1, 0.15) is 4.99 Å². The van der Waals surface area contributed by atoms with E-state index in [2.05, 4.69) is 5.32 Å². The summed E-state index contributed by atoms with van der Waals surface area (Å²) in [7, 11) is 0. The van der Waals surface area contributed by atoms with Crippen LogP contribution in [0.2, 0.25) is 0 Å². The first kappa shape index (κ1) is 13.8. The van der Waals surface area contributed by atoms with Crippen LogP contribution in [0.1, 0.15) is 18.9 Å². The first-order valence-corrected chi connectivity index (χ1v) is 5.42. The highest BCUT2D eigenvalue weighted by Crippen LogP contribution is 2.23. The highest BCUT2D eigenvalue weighted by atomic mass is 32.1. The summed E-state index contributed by atoms with van der Waals surface area (Å²) in [4.78, 5) is 0.264. The molecule has 6 heteroatoms. The summed E-state index contributed by atoms with van der Waals surface area (Å²) in [6.45, 7) is 1.48. The second kappa shape index (κ2) is 5.35. The van der Waals surface area contributed by atoms with Crippen molar-refractivity contribution in [2.75, 3.05) is 5.32 Å². The summed E-state index contributed by atoms with van der Waals surface area (Å²) in [6.07, 6.45) is -5.03. The molecule has 0 fully saturated rings. The largest absolute Gasteiger partial charge is 0.391 e. The van der Waals surface area contributed by atoms with Crippen LogP contribution in [0.25, 0.3) is 0 Å². The van der Waals surface area contributed by atoms with Gasteiger partial charge in [-0.1, -0.05) is 12.2 Å². The zero-order valence-corrected chi connectivity index (χ0v) is 10.0. The molecule has 1 rings (SSSR count). The van der Waals surface area contributed by atoms with Gasteiger partial charge in [-0.3, -0.25) is 0 Å². The molecule has 0 heterocycles. The van der Waals surface area contributed by atoms with E-state index in [-0.39, 0.29) is 4.99 Å². The van der Waals surface area contributed by atoms with E-state index in [4.69, 9.17) is 18.0 Å². The number of rotatable bonds is 4. The van der Waals surface area contributed by atoms with Gasteiger partial charge in [0.05, 0.1) is 6.42 Å². The summed E-state index contributed by atoms with van der Waals surface area (Å²) in [5.41, 5.74) is 6.71. The van der Waals surface area contributed by atoms with Gasteiger partial charge in [0.25, 0.3) is 0 Å². The van der Waals surface area contributed by atoms with E-state index in [1.807, 2.05) is 0 Å². The van der Waals surface area contributed by atoms with E-state index in [1.54, 1.807) is 24.3 Å². The van der Waals surface area contributed by atoms with E-state index >= 15 is 0 Å². The second-order valence-corrected chi connectivity index (χ2v) is 4.25. The van der Waals surface area contributed by atoms with Gasteiger partial charge >= 0.3 is 6.18 Å². The maximum Gasteiger partial charge on any atom is 0.391 e. The molecular formula is C11H13F3N2S. The lowest BCUT2D eigenvalue weighted by atomic mass is 10.1. The Labute approximate surface area is 103 Å². The van der Waals surface area contributed by atoms with Gasteiger partial charge in [0, 0.05) is 17.3 Å². The smallest absolute Gasteiger partial charge is 0.389 e. The van der Waals surface area contributed by atoms with Crippen LogP contribution in [0.4, 0.5) is 18.9 Å². The number of benzene rings is 1. The maximum absolute atomic E-state index is 12.1. The molecule has 0 radical (unpaired) electrons. The average Bonchev–Trinajstić information content (AvgIpc) is 2.15. The third-order valence-electron chi connectivity index (χ3n) is 2.12. The van der Waals surface area contributed by atoms with Crippen LogP contribution in [0.5, 0.6) is 0 Å². The van der Waals surface area contributed by atoms with Crippen molar-refractivity contribution in [2.45, 2.75) is 25.6 Å². The van der Waals surface area contributed by atoms with Crippen molar-refractivity contribution < 1.29 is 13.2 Å². The fraction of sp³-hybridized carbons (Fsp3) is 0.364. The first-order valence-electron chi connectivity index (χ1n) is 5.01. The molecule has 1 atom stereocenters. The predicted molar refractivity (Wildman–Crippen MR) is 66.1 cm³/mol. The lowest BCUT2D eigenvalue weighted by molar-refractivity contribution is -0.136. The summed E-state index contributed by atoms with van der Waals surface area (Å²) in [5, 5.41) is 2.76. The number of alkyl halides is 3. The van der Waals surface area contributed by atoms with Crippen LogP contribution in [0.15, 0.2) is 24.3 Å². The van der Waals surface area contributed by atoms with Crippen LogP contribution in [-0.2, 0) is 0 Å². The van der Waals surface area contributed by atoms with Gasteiger partial charge in [-0.2, -0.15) is 13.2 Å². The van der Waals surface area contributed by atoms with Crippen molar-refractivity contribution in [3.05, 3.63) is 29.8 Å². The lowest BCUT2D eigenvalue weighted by Crippen LogP contribution is -2.23. The van der Waals surface area contributed by atoms with Crippen molar-refractivity contribution in [3.63, 3.8) is 0 Å². The van der Waals surface area contributed by atoms with Gasteiger partial charge in [-0.15, -0.1) is 0 Å². The van der Waals surface area contributed by atoms with Gasteiger partial charge in [0.2, 0.25) is 0 Å². The number of anilines is 1. The molecule has 0 aliphatic heterocycles. The molecule has 0 aromatic heterocycles. The molecule has 0 saturated carbocycles. The second-order valence-electron chi connectivity index (χ2n) is 3.81. The highest BCUT2D eigenvalue weighted by molar-refractivity contribution is 7.80. The summed E-state index contributed by atoms with van der Waals surface area (Å²) >= 11 is 4.77. The lowest BCUT2D eigenvalue weighted by Gasteiger charge is -2.17. The van der Waals surface area contributed by atoms with Gasteiger partial charge in [0.15, 0.2) is 0 Å². The molecule has 1 aromatic carbocycles. The van der Waals surface area contributed by atoms with Crippen molar-refractivity contribution in [1.82, 2.24) is 0 Å². The standard InChI is InChI=1S/C11H13F3N2S/c1-7(6-11(12,13)14)16-9-4-2-8(3-5-9)10(15)17/h2-5,7,16H,6H2,1H3,(H2,15,17). The molecule has 0 amide bonds.